The Morgan fingerprint density at radius 1 is 1.41 bits per heavy atom. The predicted octanol–water partition coefficient (Wildman–Crippen LogP) is 3.98. The number of nitrogens with zero attached hydrogens (tertiary/aromatic N) is 3. The summed E-state index contributed by atoms with van der Waals surface area (Å²) in [6, 6.07) is 1.92. The predicted molar refractivity (Wildman–Crippen MR) is 86.2 cm³/mol. The van der Waals surface area contributed by atoms with Crippen LogP contribution in [0.4, 0.5) is 0 Å². The van der Waals surface area contributed by atoms with E-state index in [1.165, 1.54) is 49.9 Å². The van der Waals surface area contributed by atoms with E-state index in [9.17, 15) is 4.79 Å². The van der Waals surface area contributed by atoms with Crippen LogP contribution in [0.2, 0.25) is 0 Å². The number of aromatic nitrogens is 3. The first-order valence-corrected chi connectivity index (χ1v) is 8.69. The highest BCUT2D eigenvalue weighted by Gasteiger charge is 2.17. The molecule has 1 saturated carbocycles. The molecule has 0 spiro atoms. The molecule has 0 radical (unpaired) electrons. The van der Waals surface area contributed by atoms with Crippen molar-refractivity contribution in [2.45, 2.75) is 52.0 Å². The fourth-order valence-electron chi connectivity index (χ4n) is 3.10. The number of thiazole rings is 1. The number of carbonyl (C=O) groups is 1. The highest BCUT2D eigenvalue weighted by atomic mass is 32.1. The van der Waals surface area contributed by atoms with Gasteiger partial charge in [-0.1, -0.05) is 32.1 Å². The molecule has 0 bridgehead atoms. The molecular weight excluding hydrogens is 298 g/mol. The molecule has 1 aliphatic carbocycles. The van der Waals surface area contributed by atoms with Gasteiger partial charge in [-0.2, -0.15) is 5.10 Å². The van der Waals surface area contributed by atoms with Crippen molar-refractivity contribution in [2.75, 3.05) is 0 Å². The molecule has 2 heterocycles. The van der Waals surface area contributed by atoms with E-state index in [4.69, 9.17) is 5.11 Å². The first-order chi connectivity index (χ1) is 10.6. The Hall–Kier alpha value is -1.69. The molecule has 5 nitrogen and oxygen atoms in total. The molecule has 0 aromatic carbocycles. The second-order valence-corrected chi connectivity index (χ2v) is 6.99. The van der Waals surface area contributed by atoms with E-state index in [-0.39, 0.29) is 0 Å². The lowest BCUT2D eigenvalue weighted by Gasteiger charge is -2.21. The van der Waals surface area contributed by atoms with Crippen molar-refractivity contribution < 1.29 is 9.90 Å². The van der Waals surface area contributed by atoms with Crippen molar-refractivity contribution in [2.24, 2.45) is 5.92 Å². The molecule has 1 fully saturated rings. The number of rotatable bonds is 5. The minimum atomic E-state index is -0.919. The maximum absolute atomic E-state index is 11.1. The number of aromatic carboxylic acids is 1. The van der Waals surface area contributed by atoms with Crippen LogP contribution in [0.25, 0.3) is 10.7 Å². The van der Waals surface area contributed by atoms with Crippen LogP contribution in [0, 0.1) is 12.8 Å². The summed E-state index contributed by atoms with van der Waals surface area (Å²) in [5.74, 6) is -0.0832. The summed E-state index contributed by atoms with van der Waals surface area (Å²) < 4.78 is 1.96. The van der Waals surface area contributed by atoms with Crippen LogP contribution in [0.3, 0.4) is 0 Å². The zero-order chi connectivity index (χ0) is 15.5. The second kappa shape index (κ2) is 6.60. The van der Waals surface area contributed by atoms with Gasteiger partial charge < -0.3 is 5.11 Å². The summed E-state index contributed by atoms with van der Waals surface area (Å²) in [4.78, 5) is 15.7. The van der Waals surface area contributed by atoms with E-state index in [0.717, 1.165) is 18.2 Å². The van der Waals surface area contributed by atoms with Gasteiger partial charge in [0.05, 0.1) is 5.69 Å². The molecule has 0 aliphatic heterocycles. The third-order valence-corrected chi connectivity index (χ3v) is 5.51. The number of aryl methyl sites for hydroxylation is 2. The molecule has 0 saturated heterocycles. The van der Waals surface area contributed by atoms with Crippen LogP contribution in [-0.2, 0) is 6.54 Å². The van der Waals surface area contributed by atoms with Crippen LogP contribution in [-0.4, -0.2) is 25.8 Å². The van der Waals surface area contributed by atoms with E-state index in [2.05, 4.69) is 10.1 Å². The van der Waals surface area contributed by atoms with E-state index in [0.29, 0.717) is 15.6 Å². The van der Waals surface area contributed by atoms with Gasteiger partial charge in [-0.3, -0.25) is 4.68 Å². The number of hydrogen-bond donors (Lipinski definition) is 1. The van der Waals surface area contributed by atoms with Gasteiger partial charge in [-0.15, -0.1) is 11.3 Å². The smallest absolute Gasteiger partial charge is 0.347 e. The molecule has 22 heavy (non-hydrogen) atoms. The lowest BCUT2D eigenvalue weighted by Crippen LogP contribution is -2.10. The molecule has 1 aliphatic rings. The Morgan fingerprint density at radius 2 is 2.18 bits per heavy atom. The minimum absolute atomic E-state index is 0.298. The third-order valence-electron chi connectivity index (χ3n) is 4.34. The van der Waals surface area contributed by atoms with Gasteiger partial charge in [0, 0.05) is 12.7 Å². The fourth-order valence-corrected chi connectivity index (χ4v) is 3.97. The monoisotopic (exact) mass is 319 g/mol. The molecule has 3 rings (SSSR count). The maximum atomic E-state index is 11.1. The second-order valence-electron chi connectivity index (χ2n) is 6.00. The zero-order valence-corrected chi connectivity index (χ0v) is 13.6. The van der Waals surface area contributed by atoms with E-state index in [1.807, 2.05) is 16.9 Å². The molecule has 0 atom stereocenters. The molecule has 1 N–H and O–H groups in total. The van der Waals surface area contributed by atoms with Crippen molar-refractivity contribution >= 4 is 17.3 Å². The van der Waals surface area contributed by atoms with E-state index >= 15 is 0 Å². The highest BCUT2D eigenvalue weighted by Crippen LogP contribution is 2.28. The van der Waals surface area contributed by atoms with Gasteiger partial charge in [-0.05, 0) is 25.3 Å². The number of carboxylic acids is 1. The van der Waals surface area contributed by atoms with Crippen LogP contribution in [0.1, 0.15) is 53.9 Å². The molecule has 0 amide bonds. The number of carboxylic acid groups (broad SMARTS) is 1. The average Bonchev–Trinajstić information content (AvgIpc) is 3.12. The van der Waals surface area contributed by atoms with Crippen molar-refractivity contribution in [3.63, 3.8) is 0 Å². The van der Waals surface area contributed by atoms with Crippen molar-refractivity contribution in [1.82, 2.24) is 14.8 Å². The summed E-state index contributed by atoms with van der Waals surface area (Å²) in [5.41, 5.74) is 1.33. The summed E-state index contributed by atoms with van der Waals surface area (Å²) in [7, 11) is 0. The lowest BCUT2D eigenvalue weighted by atomic mass is 9.87. The molecular formula is C16H21N3O2S. The third kappa shape index (κ3) is 3.38. The Labute approximate surface area is 134 Å². The first kappa shape index (κ1) is 15.2. The van der Waals surface area contributed by atoms with Crippen molar-refractivity contribution in [3.05, 3.63) is 22.8 Å². The Balaban J connectivity index is 1.65. The van der Waals surface area contributed by atoms with Gasteiger partial charge in [-0.25, -0.2) is 9.78 Å². The van der Waals surface area contributed by atoms with Crippen LogP contribution in [0.15, 0.2) is 12.3 Å². The van der Waals surface area contributed by atoms with Crippen molar-refractivity contribution in [3.8, 4) is 10.7 Å². The summed E-state index contributed by atoms with van der Waals surface area (Å²) >= 11 is 1.19. The Kier molecular flexibility index (Phi) is 4.57. The topological polar surface area (TPSA) is 68.0 Å². The largest absolute Gasteiger partial charge is 0.477 e. The van der Waals surface area contributed by atoms with Gasteiger partial charge in [0.15, 0.2) is 0 Å². The van der Waals surface area contributed by atoms with Gasteiger partial charge in [0.1, 0.15) is 15.6 Å². The van der Waals surface area contributed by atoms with Crippen LogP contribution < -0.4 is 0 Å². The minimum Gasteiger partial charge on any atom is -0.477 e. The molecule has 2 aromatic rings. The van der Waals surface area contributed by atoms with Crippen molar-refractivity contribution in [1.29, 1.82) is 0 Å². The summed E-state index contributed by atoms with van der Waals surface area (Å²) in [6.45, 7) is 2.66. The molecule has 6 heteroatoms. The number of hydrogen-bond acceptors (Lipinski definition) is 4. The molecule has 0 unspecified atom stereocenters. The van der Waals surface area contributed by atoms with Gasteiger partial charge in [0.2, 0.25) is 0 Å². The van der Waals surface area contributed by atoms with Crippen LogP contribution >= 0.6 is 11.3 Å². The Morgan fingerprint density at radius 3 is 2.86 bits per heavy atom. The van der Waals surface area contributed by atoms with E-state index in [1.54, 1.807) is 6.92 Å². The fraction of sp³-hybridized carbons (Fsp3) is 0.562. The summed E-state index contributed by atoms with van der Waals surface area (Å²) in [5, 5.41) is 14.3. The zero-order valence-electron chi connectivity index (χ0n) is 12.8. The lowest BCUT2D eigenvalue weighted by molar-refractivity contribution is 0.0701. The standard InChI is InChI=1S/C16H21N3O2S/c1-11-14(16(20)21)22-15(17-11)13-8-10-19(18-13)9-7-12-5-3-2-4-6-12/h8,10,12H,2-7,9H2,1H3,(H,20,21). The van der Waals surface area contributed by atoms with E-state index < -0.39 is 5.97 Å². The Bertz CT molecular complexity index is 656. The highest BCUT2D eigenvalue weighted by molar-refractivity contribution is 7.17. The molecule has 2 aromatic heterocycles. The SMILES string of the molecule is Cc1nc(-c2ccn(CCC3CCCCC3)n2)sc1C(=O)O. The molecule has 118 valence electrons. The quantitative estimate of drug-likeness (QED) is 0.905. The van der Waals surface area contributed by atoms with Gasteiger partial charge in [0.25, 0.3) is 0 Å². The van der Waals surface area contributed by atoms with Gasteiger partial charge >= 0.3 is 5.97 Å². The normalized spacial score (nSPS) is 16.0. The summed E-state index contributed by atoms with van der Waals surface area (Å²) in [6.07, 6.45) is 9.96. The maximum Gasteiger partial charge on any atom is 0.347 e. The average molecular weight is 319 g/mol. The van der Waals surface area contributed by atoms with Crippen LogP contribution in [0.5, 0.6) is 0 Å². The first-order valence-electron chi connectivity index (χ1n) is 7.88.